The van der Waals surface area contributed by atoms with Gasteiger partial charge in [-0.2, -0.15) is 0 Å². The molecule has 0 amide bonds. The fourth-order valence-electron chi connectivity index (χ4n) is 5.37. The first-order valence-corrected chi connectivity index (χ1v) is 18.5. The third-order valence-corrected chi connectivity index (χ3v) is 8.32. The summed E-state index contributed by atoms with van der Waals surface area (Å²) in [4.78, 5) is 22.1. The van der Waals surface area contributed by atoms with E-state index < -0.39 is 11.9 Å². The van der Waals surface area contributed by atoms with Gasteiger partial charge in [0.25, 0.3) is 0 Å². The number of fused-ring (bicyclic) bond motifs is 2. The van der Waals surface area contributed by atoms with Gasteiger partial charge in [-0.1, -0.05) is 51.7 Å². The summed E-state index contributed by atoms with van der Waals surface area (Å²) in [5.41, 5.74) is 4.41. The van der Waals surface area contributed by atoms with E-state index in [1.54, 1.807) is 0 Å². The van der Waals surface area contributed by atoms with E-state index in [0.29, 0.717) is 13.2 Å². The number of benzene rings is 2. The molecule has 0 atom stereocenters. The number of hydrogen-bond acceptors (Lipinski definition) is 10. The Balaban J connectivity index is 0.000000312. The molecular weight excluding hydrogens is 660 g/mol. The van der Waals surface area contributed by atoms with E-state index >= 15 is 0 Å². The van der Waals surface area contributed by atoms with Gasteiger partial charge in [0, 0.05) is 36.3 Å². The first kappa shape index (κ1) is 44.1. The maximum absolute atomic E-state index is 8.93. The molecule has 2 heterocycles. The molecule has 0 aliphatic carbocycles. The van der Waals surface area contributed by atoms with Gasteiger partial charge in [0.15, 0.2) is 0 Å². The minimum absolute atomic E-state index is 0.252. The van der Waals surface area contributed by atoms with Gasteiger partial charge in [-0.25, -0.2) is 0 Å². The predicted molar refractivity (Wildman–Crippen MR) is 205 cm³/mol. The number of carboxylic acid groups (broad SMARTS) is 2. The van der Waals surface area contributed by atoms with Crippen LogP contribution in [0, 0.1) is 0 Å². The number of carbonyl (C=O) groups excluding carboxylic acids is 2. The molecule has 2 aliphatic heterocycles. The van der Waals surface area contributed by atoms with Crippen LogP contribution >= 0.6 is 0 Å². The Morgan fingerprint density at radius 3 is 1.31 bits per heavy atom. The van der Waals surface area contributed by atoms with Crippen LogP contribution in [0.5, 0.6) is 23.0 Å². The number of aliphatic carboxylic acids is 2. The average Bonchev–Trinajstić information content (AvgIpc) is 3.05. The van der Waals surface area contributed by atoms with Crippen LogP contribution in [0.3, 0.4) is 0 Å². The maximum atomic E-state index is 8.93. The molecule has 0 N–H and O–H groups in total. The van der Waals surface area contributed by atoms with Gasteiger partial charge in [-0.15, -0.1) is 0 Å². The number of carbonyl (C=O) groups is 2. The topological polar surface area (TPSA) is 124 Å². The lowest BCUT2D eigenvalue weighted by Gasteiger charge is -2.29. The Morgan fingerprint density at radius 1 is 0.635 bits per heavy atom. The van der Waals surface area contributed by atoms with Crippen molar-refractivity contribution in [2.24, 2.45) is 0 Å². The molecule has 10 nitrogen and oxygen atoms in total. The number of ether oxygens (including phenoxy) is 4. The van der Waals surface area contributed by atoms with E-state index in [1.165, 1.54) is 49.7 Å². The molecule has 0 fully saturated rings. The van der Waals surface area contributed by atoms with E-state index in [0.717, 1.165) is 60.1 Å². The molecule has 0 spiro atoms. The number of aryl methyl sites for hydroxylation is 2. The summed E-state index contributed by atoms with van der Waals surface area (Å²) in [6, 6.07) is 8.64. The molecule has 2 aliphatic rings. The van der Waals surface area contributed by atoms with E-state index in [1.807, 2.05) is 0 Å². The summed E-state index contributed by atoms with van der Waals surface area (Å²) in [7, 11) is 8.26. The van der Waals surface area contributed by atoms with Crippen molar-refractivity contribution in [2.75, 3.05) is 54.5 Å². The van der Waals surface area contributed by atoms with Crippen LogP contribution in [0.25, 0.3) is 12.2 Å². The molecule has 0 aromatic heterocycles. The summed E-state index contributed by atoms with van der Waals surface area (Å²) in [5.74, 6) is -0.557. The van der Waals surface area contributed by atoms with Crippen LogP contribution in [0.1, 0.15) is 102 Å². The maximum Gasteiger partial charge on any atom is 0.131 e. The van der Waals surface area contributed by atoms with Crippen molar-refractivity contribution in [3.8, 4) is 23.0 Å². The summed E-state index contributed by atoms with van der Waals surface area (Å²) in [5, 5.41) is 17.9. The third-order valence-electron chi connectivity index (χ3n) is 8.32. The lowest BCUT2D eigenvalue weighted by Crippen LogP contribution is -2.42. The molecule has 0 unspecified atom stereocenters. The minimum atomic E-state index is -2.19. The van der Waals surface area contributed by atoms with Crippen LogP contribution in [-0.2, 0) is 22.4 Å². The Hall–Kier alpha value is -4.02. The monoisotopic (exact) mass is 722 g/mol. The fourth-order valence-corrected chi connectivity index (χ4v) is 5.37. The smallest absolute Gasteiger partial charge is 0.131 e. The Kier molecular flexibility index (Phi) is 18.2. The molecule has 0 saturated carbocycles. The van der Waals surface area contributed by atoms with Crippen LogP contribution in [0.2, 0.25) is 0 Å². The highest BCUT2D eigenvalue weighted by Crippen LogP contribution is 2.38. The van der Waals surface area contributed by atoms with E-state index in [2.05, 4.69) is 128 Å². The first-order valence-electron chi connectivity index (χ1n) is 18.5. The third kappa shape index (κ3) is 16.1. The minimum Gasteiger partial charge on any atom is -0.543 e. The molecule has 10 heteroatoms. The molecule has 2 aromatic rings. The predicted octanol–water partition coefficient (Wildman–Crippen LogP) is 5.57. The van der Waals surface area contributed by atoms with Gasteiger partial charge in [0.1, 0.15) is 47.4 Å². The van der Waals surface area contributed by atoms with Crippen molar-refractivity contribution in [1.82, 2.24) is 9.80 Å². The van der Waals surface area contributed by atoms with Crippen LogP contribution in [-0.4, -0.2) is 87.4 Å². The second-order valence-electron chi connectivity index (χ2n) is 14.9. The zero-order valence-electron chi connectivity index (χ0n) is 33.3. The summed E-state index contributed by atoms with van der Waals surface area (Å²) >= 11 is 0. The lowest BCUT2D eigenvalue weighted by molar-refractivity contribution is -0.345. The summed E-state index contributed by atoms with van der Waals surface area (Å²) in [6.07, 6.45) is 18.1. The molecule has 0 radical (unpaired) electrons. The number of nitrogens with zero attached hydrogens (tertiary/aromatic N) is 2. The number of unbranched alkanes of at least 4 members (excludes halogenated alkanes) is 4. The quantitative estimate of drug-likeness (QED) is 0.160. The number of likely N-dealkylation sites (N-methyl/N-ethyl adjacent to an activating group) is 2. The van der Waals surface area contributed by atoms with Gasteiger partial charge >= 0.3 is 0 Å². The van der Waals surface area contributed by atoms with Crippen molar-refractivity contribution in [1.29, 1.82) is 0 Å². The molecule has 2 aromatic carbocycles. The van der Waals surface area contributed by atoms with Gasteiger partial charge in [0.05, 0.1) is 11.9 Å². The second kappa shape index (κ2) is 21.5. The average molecular weight is 723 g/mol. The number of hydrogen-bond donors (Lipinski definition) is 0. The summed E-state index contributed by atoms with van der Waals surface area (Å²) < 4.78 is 24.3. The van der Waals surface area contributed by atoms with Crippen LogP contribution in [0.15, 0.2) is 36.4 Å². The highest BCUT2D eigenvalue weighted by atomic mass is 16.5. The van der Waals surface area contributed by atoms with Gasteiger partial charge in [-0.3, -0.25) is 0 Å². The zero-order valence-corrected chi connectivity index (χ0v) is 33.3. The van der Waals surface area contributed by atoms with Gasteiger partial charge < -0.3 is 48.5 Å². The van der Waals surface area contributed by atoms with Crippen LogP contribution < -0.4 is 29.2 Å². The van der Waals surface area contributed by atoms with Crippen molar-refractivity contribution in [3.63, 3.8) is 0 Å². The molecular formula is C42H62N2O8-2. The van der Waals surface area contributed by atoms with E-state index in [9.17, 15) is 0 Å². The Morgan fingerprint density at radius 2 is 1.00 bits per heavy atom. The normalized spacial score (nSPS) is 14.5. The SMILES string of the molecule is CCCCCc1cc2c(cc1OCCN(C)C)OC(C)(C)C=C2.CCCCCc1cc2c(cc1OCCN(C)C)OC(C)(C)C=C2.O=C([O-])C(=O)[O-]. The highest BCUT2D eigenvalue weighted by Gasteiger charge is 2.24. The van der Waals surface area contributed by atoms with Gasteiger partial charge in [0.2, 0.25) is 0 Å². The number of carboxylic acids is 2. The Labute approximate surface area is 312 Å². The van der Waals surface area contributed by atoms with Crippen LogP contribution in [0.4, 0.5) is 0 Å². The molecule has 290 valence electrons. The second-order valence-corrected chi connectivity index (χ2v) is 14.9. The zero-order chi connectivity index (χ0) is 38.9. The highest BCUT2D eigenvalue weighted by molar-refractivity contribution is 6.25. The molecule has 0 bridgehead atoms. The van der Waals surface area contributed by atoms with Crippen molar-refractivity contribution in [3.05, 3.63) is 58.7 Å². The number of rotatable bonds is 16. The lowest BCUT2D eigenvalue weighted by atomic mass is 9.98. The molecule has 0 saturated heterocycles. The van der Waals surface area contributed by atoms with Crippen molar-refractivity contribution in [2.45, 2.75) is 104 Å². The first-order chi connectivity index (χ1) is 24.5. The summed E-state index contributed by atoms with van der Waals surface area (Å²) in [6.45, 7) is 16.0. The largest absolute Gasteiger partial charge is 0.543 e. The molecule has 52 heavy (non-hydrogen) atoms. The Bertz CT molecular complexity index is 1380. The fraction of sp³-hybridized carbons (Fsp3) is 0.571. The van der Waals surface area contributed by atoms with Crippen molar-refractivity contribution < 1.29 is 38.7 Å². The standard InChI is InChI=1S/2C20H31NO2.C2H2O4/c2*1-6-7-8-9-16-14-17-10-11-20(2,3)23-19(17)15-18(16)22-13-12-21(4)5;3-1(4)2(5)6/h2*10-11,14-15H,6-9,12-13H2,1-5H3;(H,3,4)(H,5,6)/p-2. The van der Waals surface area contributed by atoms with Crippen molar-refractivity contribution >= 4 is 24.1 Å². The molecule has 4 rings (SSSR count). The van der Waals surface area contributed by atoms with E-state index in [-0.39, 0.29) is 11.2 Å². The van der Waals surface area contributed by atoms with Gasteiger partial charge in [-0.05, 0) is 117 Å². The van der Waals surface area contributed by atoms with E-state index in [4.69, 9.17) is 38.7 Å².